The van der Waals surface area contributed by atoms with Crippen LogP contribution in [-0.4, -0.2) is 10.9 Å². The van der Waals surface area contributed by atoms with Gasteiger partial charge in [0, 0.05) is 29.1 Å². The van der Waals surface area contributed by atoms with Crippen molar-refractivity contribution in [2.45, 2.75) is 12.8 Å². The lowest BCUT2D eigenvalue weighted by Crippen LogP contribution is -2.12. The van der Waals surface area contributed by atoms with Gasteiger partial charge in [0.2, 0.25) is 5.91 Å². The molecule has 24 heavy (non-hydrogen) atoms. The van der Waals surface area contributed by atoms with E-state index in [1.807, 2.05) is 30.3 Å². The minimum absolute atomic E-state index is 0.0922. The largest absolute Gasteiger partial charge is 0.441 e. The number of hydrogen-bond acceptors (Lipinski definition) is 3. The fraction of sp³-hybridized carbons (Fsp3) is 0.111. The van der Waals surface area contributed by atoms with Crippen molar-refractivity contribution in [1.82, 2.24) is 4.98 Å². The zero-order valence-electron chi connectivity index (χ0n) is 12.6. The van der Waals surface area contributed by atoms with Crippen LogP contribution in [0.2, 0.25) is 10.0 Å². The lowest BCUT2D eigenvalue weighted by atomic mass is 10.2. The molecule has 0 saturated carbocycles. The smallest absolute Gasteiger partial charge is 0.224 e. The monoisotopic (exact) mass is 360 g/mol. The summed E-state index contributed by atoms with van der Waals surface area (Å²) in [5.74, 6) is 0.944. The Morgan fingerprint density at radius 2 is 1.92 bits per heavy atom. The summed E-state index contributed by atoms with van der Waals surface area (Å²) in [5, 5.41) is 3.87. The zero-order valence-corrected chi connectivity index (χ0v) is 14.1. The van der Waals surface area contributed by atoms with Crippen molar-refractivity contribution >= 4 is 34.8 Å². The molecule has 0 fully saturated rings. The van der Waals surface area contributed by atoms with Gasteiger partial charge in [-0.25, -0.2) is 4.98 Å². The predicted molar refractivity (Wildman–Crippen MR) is 95.4 cm³/mol. The first-order valence-electron chi connectivity index (χ1n) is 7.37. The minimum atomic E-state index is -0.0922. The van der Waals surface area contributed by atoms with Gasteiger partial charge in [0.05, 0.1) is 11.2 Å². The summed E-state index contributed by atoms with van der Waals surface area (Å²) in [5.41, 5.74) is 1.48. The van der Waals surface area contributed by atoms with E-state index in [4.69, 9.17) is 27.6 Å². The van der Waals surface area contributed by atoms with Crippen LogP contribution in [0.4, 0.5) is 5.69 Å². The van der Waals surface area contributed by atoms with Gasteiger partial charge < -0.3 is 9.73 Å². The Bertz CT molecular complexity index is 847. The molecule has 4 nitrogen and oxygen atoms in total. The van der Waals surface area contributed by atoms with Gasteiger partial charge in [-0.3, -0.25) is 4.79 Å². The molecule has 1 heterocycles. The molecular formula is C18H14Cl2N2O2. The van der Waals surface area contributed by atoms with Crippen molar-refractivity contribution < 1.29 is 9.21 Å². The maximum absolute atomic E-state index is 11.9. The van der Waals surface area contributed by atoms with Crippen molar-refractivity contribution in [3.05, 3.63) is 70.7 Å². The van der Waals surface area contributed by atoms with Gasteiger partial charge in [0.15, 0.2) is 11.7 Å². The fourth-order valence-electron chi connectivity index (χ4n) is 2.21. The Balaban J connectivity index is 1.61. The van der Waals surface area contributed by atoms with Crippen LogP contribution in [0.1, 0.15) is 12.3 Å². The first-order chi connectivity index (χ1) is 11.6. The summed E-state index contributed by atoms with van der Waals surface area (Å²) in [6.07, 6.45) is 2.28. The summed E-state index contributed by atoms with van der Waals surface area (Å²) in [7, 11) is 0. The number of nitrogens with one attached hydrogen (secondary N) is 1. The van der Waals surface area contributed by atoms with Crippen molar-refractivity contribution in [2.75, 3.05) is 5.32 Å². The van der Waals surface area contributed by atoms with Crippen LogP contribution in [0.5, 0.6) is 0 Å². The molecule has 122 valence electrons. The van der Waals surface area contributed by atoms with Gasteiger partial charge in [-0.1, -0.05) is 41.4 Å². The van der Waals surface area contributed by atoms with Crippen LogP contribution >= 0.6 is 23.2 Å². The molecule has 0 radical (unpaired) electrons. The van der Waals surface area contributed by atoms with Crippen molar-refractivity contribution in [3.8, 4) is 11.3 Å². The number of carbonyl (C=O) groups excluding carboxylic acids is 1. The molecular weight excluding hydrogens is 347 g/mol. The van der Waals surface area contributed by atoms with Gasteiger partial charge in [-0.05, 0) is 30.3 Å². The summed E-state index contributed by atoms with van der Waals surface area (Å²) >= 11 is 12.0. The second-order valence-electron chi connectivity index (χ2n) is 5.16. The number of anilines is 1. The summed E-state index contributed by atoms with van der Waals surface area (Å²) < 4.78 is 5.67. The van der Waals surface area contributed by atoms with Crippen LogP contribution in [-0.2, 0) is 11.2 Å². The maximum Gasteiger partial charge on any atom is 0.224 e. The number of aromatic nitrogens is 1. The van der Waals surface area contributed by atoms with Crippen LogP contribution in [0, 0.1) is 0 Å². The summed E-state index contributed by atoms with van der Waals surface area (Å²) in [6.45, 7) is 0. The number of hydrogen-bond donors (Lipinski definition) is 1. The molecule has 0 unspecified atom stereocenters. The third kappa shape index (κ3) is 4.16. The van der Waals surface area contributed by atoms with Crippen molar-refractivity contribution in [1.29, 1.82) is 0 Å². The zero-order chi connectivity index (χ0) is 16.9. The molecule has 1 N–H and O–H groups in total. The van der Waals surface area contributed by atoms with Gasteiger partial charge in [-0.15, -0.1) is 0 Å². The molecule has 1 aromatic heterocycles. The highest BCUT2D eigenvalue weighted by Gasteiger charge is 2.12. The molecule has 1 amide bonds. The van der Waals surface area contributed by atoms with E-state index in [1.165, 1.54) is 0 Å². The van der Waals surface area contributed by atoms with E-state index in [1.54, 1.807) is 24.4 Å². The fourth-order valence-corrected chi connectivity index (χ4v) is 2.71. The lowest BCUT2D eigenvalue weighted by molar-refractivity contribution is -0.116. The Kier molecular flexibility index (Phi) is 5.18. The SMILES string of the molecule is O=C(CCc1ncc(-c2ccc(Cl)cc2Cl)o1)Nc1ccccc1. The molecule has 0 atom stereocenters. The number of oxazole rings is 1. The normalized spacial score (nSPS) is 10.6. The Morgan fingerprint density at radius 1 is 1.12 bits per heavy atom. The predicted octanol–water partition coefficient (Wildman–Crippen LogP) is 5.22. The number of nitrogens with zero attached hydrogens (tertiary/aromatic N) is 1. The second-order valence-corrected chi connectivity index (χ2v) is 6.00. The highest BCUT2D eigenvalue weighted by Crippen LogP contribution is 2.30. The van der Waals surface area contributed by atoms with E-state index in [9.17, 15) is 4.79 Å². The van der Waals surface area contributed by atoms with Gasteiger partial charge in [0.25, 0.3) is 0 Å². The summed E-state index contributed by atoms with van der Waals surface area (Å²) in [4.78, 5) is 16.1. The van der Waals surface area contributed by atoms with E-state index in [2.05, 4.69) is 10.3 Å². The molecule has 2 aromatic carbocycles. The highest BCUT2D eigenvalue weighted by atomic mass is 35.5. The third-order valence-electron chi connectivity index (χ3n) is 3.37. The van der Waals surface area contributed by atoms with Gasteiger partial charge >= 0.3 is 0 Å². The first-order valence-corrected chi connectivity index (χ1v) is 8.12. The number of benzene rings is 2. The van der Waals surface area contributed by atoms with Crippen molar-refractivity contribution in [2.24, 2.45) is 0 Å². The highest BCUT2D eigenvalue weighted by molar-refractivity contribution is 6.36. The number of aryl methyl sites for hydroxylation is 1. The Hall–Kier alpha value is -2.30. The number of halogens is 2. The van der Waals surface area contributed by atoms with Crippen LogP contribution in [0.3, 0.4) is 0 Å². The number of carbonyl (C=O) groups is 1. The standard InChI is InChI=1S/C18H14Cl2N2O2/c19-12-6-7-14(15(20)10-12)16-11-21-18(24-16)9-8-17(23)22-13-4-2-1-3-5-13/h1-7,10-11H,8-9H2,(H,22,23). The molecule has 0 spiro atoms. The number of para-hydroxylation sites is 1. The Morgan fingerprint density at radius 3 is 2.67 bits per heavy atom. The average molecular weight is 361 g/mol. The molecule has 0 aliphatic rings. The molecule has 6 heteroatoms. The molecule has 3 rings (SSSR count). The maximum atomic E-state index is 11.9. The molecule has 0 aliphatic heterocycles. The van der Waals surface area contributed by atoms with E-state index >= 15 is 0 Å². The number of amides is 1. The first kappa shape index (κ1) is 16.6. The van der Waals surface area contributed by atoms with Crippen LogP contribution in [0.25, 0.3) is 11.3 Å². The summed E-state index contributed by atoms with van der Waals surface area (Å²) in [6, 6.07) is 14.5. The van der Waals surface area contributed by atoms with E-state index < -0.39 is 0 Å². The molecule has 0 bridgehead atoms. The average Bonchev–Trinajstić information content (AvgIpc) is 3.02. The second kappa shape index (κ2) is 7.51. The molecule has 0 saturated heterocycles. The van der Waals surface area contributed by atoms with E-state index in [0.717, 1.165) is 5.69 Å². The topological polar surface area (TPSA) is 55.1 Å². The third-order valence-corrected chi connectivity index (χ3v) is 3.92. The molecule has 0 aliphatic carbocycles. The minimum Gasteiger partial charge on any atom is -0.441 e. The Labute approximate surface area is 149 Å². The quantitative estimate of drug-likeness (QED) is 0.678. The van der Waals surface area contributed by atoms with Crippen LogP contribution < -0.4 is 5.32 Å². The lowest BCUT2D eigenvalue weighted by Gasteiger charge is -2.03. The van der Waals surface area contributed by atoms with Gasteiger partial charge in [0.1, 0.15) is 0 Å². The van der Waals surface area contributed by atoms with Crippen LogP contribution in [0.15, 0.2) is 59.1 Å². The van der Waals surface area contributed by atoms with Crippen molar-refractivity contribution in [3.63, 3.8) is 0 Å². The van der Waals surface area contributed by atoms with E-state index in [-0.39, 0.29) is 12.3 Å². The molecule has 3 aromatic rings. The number of rotatable bonds is 5. The van der Waals surface area contributed by atoms with E-state index in [0.29, 0.717) is 33.7 Å². The van der Waals surface area contributed by atoms with Gasteiger partial charge in [-0.2, -0.15) is 0 Å².